The van der Waals surface area contributed by atoms with Gasteiger partial charge in [-0.3, -0.25) is 14.9 Å². The molecule has 1 fully saturated rings. The summed E-state index contributed by atoms with van der Waals surface area (Å²) in [5.74, 6) is 1.22. The average Bonchev–Trinajstić information content (AvgIpc) is 3.30. The zero-order valence-corrected chi connectivity index (χ0v) is 16.8. The molecule has 0 spiro atoms. The van der Waals surface area contributed by atoms with Crippen LogP contribution in [0.2, 0.25) is 5.02 Å². The number of halogens is 1. The maximum absolute atomic E-state index is 12.8. The van der Waals surface area contributed by atoms with E-state index in [1.807, 2.05) is 0 Å². The van der Waals surface area contributed by atoms with E-state index in [-0.39, 0.29) is 33.8 Å². The molecular weight excluding hydrogens is 428 g/mol. The molecule has 0 aliphatic carbocycles. The number of rotatable bonds is 4. The summed E-state index contributed by atoms with van der Waals surface area (Å²) in [5, 5.41) is 18.4. The normalized spacial score (nSPS) is 20.1. The van der Waals surface area contributed by atoms with Gasteiger partial charge in [-0.1, -0.05) is 11.6 Å². The number of nitrogens with zero attached hydrogens (tertiary/aromatic N) is 3. The molecule has 0 radical (unpaired) electrons. The number of thioether (sulfide) groups is 1. The first-order valence-electron chi connectivity index (χ1n) is 8.39. The van der Waals surface area contributed by atoms with E-state index in [9.17, 15) is 23.3 Å². The van der Waals surface area contributed by atoms with E-state index in [2.05, 4.69) is 10.4 Å². The lowest BCUT2D eigenvalue weighted by Gasteiger charge is -2.15. The number of aromatic nitrogens is 2. The summed E-state index contributed by atoms with van der Waals surface area (Å²) in [7, 11) is -3.13. The standard InChI is InChI=1S/C16H15ClN4O5S2/c17-13-2-1-9(21(23)24)5-11(13)16(22)18-15-12-6-27-7-14(12)19-20(15)10-3-4-28(25,26)8-10/h1-2,5,10H,3-4,6-8H2,(H,18,22). The minimum absolute atomic E-state index is 0.0259. The number of nitro benzene ring substituents is 1. The van der Waals surface area contributed by atoms with E-state index in [0.717, 1.165) is 17.3 Å². The van der Waals surface area contributed by atoms with Crippen molar-refractivity contribution < 1.29 is 18.1 Å². The Morgan fingerprint density at radius 3 is 2.86 bits per heavy atom. The van der Waals surface area contributed by atoms with Crippen LogP contribution in [0.4, 0.5) is 11.5 Å². The number of anilines is 1. The molecule has 9 nitrogen and oxygen atoms in total. The summed E-state index contributed by atoms with van der Waals surface area (Å²) in [6.45, 7) is 0. The van der Waals surface area contributed by atoms with Crippen molar-refractivity contribution in [3.05, 3.63) is 50.2 Å². The third-order valence-corrected chi connectivity index (χ3v) is 7.82. The number of hydrogen-bond donors (Lipinski definition) is 1. The highest BCUT2D eigenvalue weighted by molar-refractivity contribution is 7.98. The second-order valence-electron chi connectivity index (χ2n) is 6.64. The maximum Gasteiger partial charge on any atom is 0.270 e. The maximum atomic E-state index is 12.8. The minimum Gasteiger partial charge on any atom is -0.306 e. The van der Waals surface area contributed by atoms with Gasteiger partial charge in [-0.05, 0) is 12.5 Å². The zero-order chi connectivity index (χ0) is 20.1. The zero-order valence-electron chi connectivity index (χ0n) is 14.4. The molecule has 3 heterocycles. The summed E-state index contributed by atoms with van der Waals surface area (Å²) in [6, 6.07) is 3.29. The molecule has 12 heteroatoms. The lowest BCUT2D eigenvalue weighted by molar-refractivity contribution is -0.384. The smallest absolute Gasteiger partial charge is 0.270 e. The van der Waals surface area contributed by atoms with Gasteiger partial charge in [-0.25, -0.2) is 13.1 Å². The highest BCUT2D eigenvalue weighted by Gasteiger charge is 2.34. The van der Waals surface area contributed by atoms with Crippen molar-refractivity contribution in [1.82, 2.24) is 9.78 Å². The van der Waals surface area contributed by atoms with Gasteiger partial charge in [-0.2, -0.15) is 16.9 Å². The molecule has 1 aromatic carbocycles. The van der Waals surface area contributed by atoms with Gasteiger partial charge in [0.1, 0.15) is 5.82 Å². The summed E-state index contributed by atoms with van der Waals surface area (Å²) >= 11 is 7.71. The van der Waals surface area contributed by atoms with Gasteiger partial charge < -0.3 is 5.32 Å². The Morgan fingerprint density at radius 1 is 1.39 bits per heavy atom. The van der Waals surface area contributed by atoms with E-state index >= 15 is 0 Å². The molecule has 1 saturated heterocycles. The lowest BCUT2D eigenvalue weighted by Crippen LogP contribution is -2.20. The predicted molar refractivity (Wildman–Crippen MR) is 106 cm³/mol. The molecule has 1 aromatic heterocycles. The Morgan fingerprint density at radius 2 is 2.18 bits per heavy atom. The molecule has 0 saturated carbocycles. The summed E-state index contributed by atoms with van der Waals surface area (Å²) in [5.41, 5.74) is 1.40. The van der Waals surface area contributed by atoms with Crippen molar-refractivity contribution >= 4 is 50.6 Å². The fourth-order valence-corrected chi connectivity index (χ4v) is 6.30. The second-order valence-corrected chi connectivity index (χ2v) is 10.3. The van der Waals surface area contributed by atoms with Crippen LogP contribution in [0.1, 0.15) is 34.1 Å². The lowest BCUT2D eigenvalue weighted by atomic mass is 10.1. The van der Waals surface area contributed by atoms with Crippen molar-refractivity contribution in [2.45, 2.75) is 24.0 Å². The Kier molecular flexibility index (Phi) is 4.84. The Balaban J connectivity index is 1.69. The predicted octanol–water partition coefficient (Wildman–Crippen LogP) is 2.80. The first-order chi connectivity index (χ1) is 13.2. The van der Waals surface area contributed by atoms with Crippen LogP contribution in [0.3, 0.4) is 0 Å². The van der Waals surface area contributed by atoms with Crippen molar-refractivity contribution in [2.75, 3.05) is 16.8 Å². The van der Waals surface area contributed by atoms with Gasteiger partial charge in [-0.15, -0.1) is 0 Å². The van der Waals surface area contributed by atoms with Gasteiger partial charge in [0.05, 0.1) is 38.8 Å². The number of benzene rings is 1. The van der Waals surface area contributed by atoms with Crippen molar-refractivity contribution in [3.8, 4) is 0 Å². The Labute approximate surface area is 169 Å². The van der Waals surface area contributed by atoms with Crippen LogP contribution < -0.4 is 5.32 Å². The molecule has 0 bridgehead atoms. The summed E-state index contributed by atoms with van der Waals surface area (Å²) in [4.78, 5) is 23.2. The van der Waals surface area contributed by atoms with E-state index < -0.39 is 20.7 Å². The van der Waals surface area contributed by atoms with E-state index in [1.54, 1.807) is 16.4 Å². The fraction of sp³-hybridized carbons (Fsp3) is 0.375. The van der Waals surface area contributed by atoms with Crippen LogP contribution in [0.5, 0.6) is 0 Å². The number of amides is 1. The fourth-order valence-electron chi connectivity index (χ4n) is 3.37. The molecule has 2 aromatic rings. The van der Waals surface area contributed by atoms with Crippen molar-refractivity contribution in [2.24, 2.45) is 0 Å². The molecule has 28 heavy (non-hydrogen) atoms. The average molecular weight is 443 g/mol. The molecule has 2 aliphatic rings. The Bertz CT molecular complexity index is 1100. The molecular formula is C16H15ClN4O5S2. The highest BCUT2D eigenvalue weighted by atomic mass is 35.5. The SMILES string of the molecule is O=C(Nc1c2c(nn1C1CCS(=O)(=O)C1)CSC2)c1cc([N+](=O)[O-])ccc1Cl. The summed E-state index contributed by atoms with van der Waals surface area (Å²) < 4.78 is 25.3. The van der Waals surface area contributed by atoms with E-state index in [4.69, 9.17) is 11.6 Å². The number of non-ortho nitro benzene ring substituents is 1. The monoisotopic (exact) mass is 442 g/mol. The number of sulfone groups is 1. The molecule has 4 rings (SSSR count). The van der Waals surface area contributed by atoms with Crippen LogP contribution in [0.15, 0.2) is 18.2 Å². The first kappa shape index (κ1) is 19.2. The van der Waals surface area contributed by atoms with E-state index in [0.29, 0.717) is 23.7 Å². The van der Waals surface area contributed by atoms with Crippen LogP contribution in [-0.4, -0.2) is 40.5 Å². The largest absolute Gasteiger partial charge is 0.306 e. The number of carbonyl (C=O) groups excluding carboxylic acids is 1. The second kappa shape index (κ2) is 7.05. The molecule has 2 aliphatic heterocycles. The van der Waals surface area contributed by atoms with Crippen LogP contribution in [0.25, 0.3) is 0 Å². The number of fused-ring (bicyclic) bond motifs is 1. The van der Waals surface area contributed by atoms with Gasteiger partial charge in [0.15, 0.2) is 9.84 Å². The minimum atomic E-state index is -3.13. The van der Waals surface area contributed by atoms with Gasteiger partial charge in [0.25, 0.3) is 11.6 Å². The van der Waals surface area contributed by atoms with Gasteiger partial charge >= 0.3 is 0 Å². The number of nitrogens with one attached hydrogen (secondary N) is 1. The number of nitro groups is 1. The quantitative estimate of drug-likeness (QED) is 0.570. The van der Waals surface area contributed by atoms with Gasteiger partial charge in [0, 0.05) is 29.2 Å². The van der Waals surface area contributed by atoms with Gasteiger partial charge in [0.2, 0.25) is 0 Å². The molecule has 1 unspecified atom stereocenters. The molecule has 148 valence electrons. The third kappa shape index (κ3) is 3.49. The topological polar surface area (TPSA) is 124 Å². The van der Waals surface area contributed by atoms with Crippen LogP contribution in [0, 0.1) is 10.1 Å². The first-order valence-corrected chi connectivity index (χ1v) is 11.7. The number of hydrogen-bond acceptors (Lipinski definition) is 7. The van der Waals surface area contributed by atoms with Crippen LogP contribution in [-0.2, 0) is 21.3 Å². The van der Waals surface area contributed by atoms with Crippen LogP contribution >= 0.6 is 23.4 Å². The molecule has 1 N–H and O–H groups in total. The molecule has 1 atom stereocenters. The summed E-state index contributed by atoms with van der Waals surface area (Å²) in [6.07, 6.45) is 0.427. The van der Waals surface area contributed by atoms with Crippen molar-refractivity contribution in [1.29, 1.82) is 0 Å². The number of carbonyl (C=O) groups is 1. The third-order valence-electron chi connectivity index (χ3n) is 4.77. The highest BCUT2D eigenvalue weighted by Crippen LogP contribution is 2.38. The Hall–Kier alpha value is -2.11. The molecule has 1 amide bonds. The van der Waals surface area contributed by atoms with E-state index in [1.165, 1.54) is 12.1 Å². The van der Waals surface area contributed by atoms with Crippen molar-refractivity contribution in [3.63, 3.8) is 0 Å².